The Hall–Kier alpha value is -1.89. The molecule has 1 atom stereocenters. The molecule has 0 amide bonds. The van der Waals surface area contributed by atoms with E-state index in [9.17, 15) is 0 Å². The van der Waals surface area contributed by atoms with Crippen molar-refractivity contribution in [2.75, 3.05) is 18.8 Å². The Kier molecular flexibility index (Phi) is 4.95. The van der Waals surface area contributed by atoms with Crippen LogP contribution < -0.4 is 15.8 Å². The molecule has 2 aromatic heterocycles. The van der Waals surface area contributed by atoms with Crippen LogP contribution in [0, 0.1) is 5.92 Å². The summed E-state index contributed by atoms with van der Waals surface area (Å²) in [4.78, 5) is 8.62. The first-order valence-corrected chi connectivity index (χ1v) is 8.55. The van der Waals surface area contributed by atoms with E-state index in [1.165, 1.54) is 12.8 Å². The van der Waals surface area contributed by atoms with Gasteiger partial charge in [-0.25, -0.2) is 9.50 Å². The third-order valence-electron chi connectivity index (χ3n) is 4.40. The Morgan fingerprint density at radius 3 is 2.96 bits per heavy atom. The molecular weight excluding hydrogens is 292 g/mol. The Balaban J connectivity index is 1.83. The maximum Gasteiger partial charge on any atom is 0.336 e. The number of nitrogens with one attached hydrogen (secondary N) is 1. The zero-order valence-electron chi connectivity index (χ0n) is 14.0. The third kappa shape index (κ3) is 3.72. The number of hydrogen-bond donors (Lipinski definition) is 2. The van der Waals surface area contributed by atoms with E-state index in [1.807, 2.05) is 13.1 Å². The van der Waals surface area contributed by atoms with Crippen LogP contribution in [0.1, 0.15) is 45.2 Å². The van der Waals surface area contributed by atoms with Crippen LogP contribution in [-0.4, -0.2) is 38.8 Å². The fourth-order valence-corrected chi connectivity index (χ4v) is 3.14. The van der Waals surface area contributed by atoms with Gasteiger partial charge in [-0.3, -0.25) is 0 Å². The maximum atomic E-state index is 6.03. The Labute approximate surface area is 136 Å². The van der Waals surface area contributed by atoms with Crippen molar-refractivity contribution >= 4 is 11.5 Å². The number of nitrogens with two attached hydrogens (primary N) is 1. The molecular formula is C16H26N6O. The zero-order chi connectivity index (χ0) is 16.2. The van der Waals surface area contributed by atoms with Gasteiger partial charge < -0.3 is 15.8 Å². The van der Waals surface area contributed by atoms with E-state index in [0.717, 1.165) is 38.0 Å². The zero-order valence-corrected chi connectivity index (χ0v) is 14.0. The monoisotopic (exact) mass is 318 g/mol. The number of imidazole rings is 1. The minimum atomic E-state index is 0.0771. The summed E-state index contributed by atoms with van der Waals surface area (Å²) in [5, 5.41) is 7.90. The normalized spacial score (nSPS) is 17.5. The van der Waals surface area contributed by atoms with Gasteiger partial charge in [0.1, 0.15) is 0 Å². The van der Waals surface area contributed by atoms with Gasteiger partial charge in [-0.15, -0.1) is 5.10 Å². The molecule has 0 radical (unpaired) electrons. The summed E-state index contributed by atoms with van der Waals surface area (Å²) >= 11 is 0. The molecule has 23 heavy (non-hydrogen) atoms. The molecule has 7 heteroatoms. The van der Waals surface area contributed by atoms with Crippen LogP contribution in [-0.2, 0) is 6.42 Å². The number of nitrogen functional groups attached to an aromatic ring is 1. The van der Waals surface area contributed by atoms with Gasteiger partial charge in [-0.1, -0.05) is 13.3 Å². The van der Waals surface area contributed by atoms with E-state index in [0.29, 0.717) is 23.4 Å². The van der Waals surface area contributed by atoms with Crippen LogP contribution in [0.15, 0.2) is 6.20 Å². The standard InChI is InChI=1S/C16H26N6O/c1-3-4-11(2)23-16-20-14(17)15-19-10-13(22(15)21-16)9-12-5-7-18-8-6-12/h10-12,18H,3-9H2,1-2H3,(H2,17,20,21). The van der Waals surface area contributed by atoms with Crippen molar-refractivity contribution in [1.82, 2.24) is 24.9 Å². The minimum absolute atomic E-state index is 0.0771. The predicted octanol–water partition coefficient (Wildman–Crippen LogP) is 1.82. The molecule has 1 aliphatic heterocycles. The molecule has 3 N–H and O–H groups in total. The molecule has 7 nitrogen and oxygen atoms in total. The first-order valence-electron chi connectivity index (χ1n) is 8.55. The van der Waals surface area contributed by atoms with Gasteiger partial charge >= 0.3 is 6.01 Å². The number of piperidine rings is 1. The first kappa shape index (κ1) is 16.0. The lowest BCUT2D eigenvalue weighted by atomic mass is 9.93. The Morgan fingerprint density at radius 2 is 2.22 bits per heavy atom. The lowest BCUT2D eigenvalue weighted by Gasteiger charge is -2.22. The second kappa shape index (κ2) is 7.12. The number of ether oxygens (including phenoxy) is 1. The van der Waals surface area contributed by atoms with Crippen molar-refractivity contribution in [2.24, 2.45) is 5.92 Å². The summed E-state index contributed by atoms with van der Waals surface area (Å²) in [7, 11) is 0. The highest BCUT2D eigenvalue weighted by molar-refractivity contribution is 5.59. The molecule has 3 rings (SSSR count). The SMILES string of the molecule is CCCC(C)Oc1nc(N)c2ncc(CC3CCNCC3)n2n1. The molecule has 0 aromatic carbocycles. The van der Waals surface area contributed by atoms with Crippen LogP contribution >= 0.6 is 0 Å². The van der Waals surface area contributed by atoms with Crippen molar-refractivity contribution in [1.29, 1.82) is 0 Å². The maximum absolute atomic E-state index is 6.03. The van der Waals surface area contributed by atoms with Crippen LogP contribution in [0.2, 0.25) is 0 Å². The van der Waals surface area contributed by atoms with Crippen molar-refractivity contribution < 1.29 is 4.74 Å². The van der Waals surface area contributed by atoms with Crippen molar-refractivity contribution in [2.45, 2.75) is 52.1 Å². The molecule has 0 spiro atoms. The van der Waals surface area contributed by atoms with Crippen LogP contribution in [0.4, 0.5) is 5.82 Å². The van der Waals surface area contributed by atoms with Gasteiger partial charge in [0.25, 0.3) is 0 Å². The van der Waals surface area contributed by atoms with Gasteiger partial charge in [0.2, 0.25) is 0 Å². The van der Waals surface area contributed by atoms with Gasteiger partial charge in [0.15, 0.2) is 11.5 Å². The molecule has 0 aliphatic carbocycles. The summed E-state index contributed by atoms with van der Waals surface area (Å²) in [6.45, 7) is 6.32. The fourth-order valence-electron chi connectivity index (χ4n) is 3.14. The largest absolute Gasteiger partial charge is 0.459 e. The van der Waals surface area contributed by atoms with Crippen molar-refractivity contribution in [3.63, 3.8) is 0 Å². The molecule has 1 unspecified atom stereocenters. The Bertz CT molecular complexity index is 649. The second-order valence-corrected chi connectivity index (χ2v) is 6.38. The highest BCUT2D eigenvalue weighted by Gasteiger charge is 2.18. The van der Waals surface area contributed by atoms with Gasteiger partial charge in [-0.2, -0.15) is 4.98 Å². The molecule has 126 valence electrons. The smallest absolute Gasteiger partial charge is 0.336 e. The van der Waals surface area contributed by atoms with Crippen molar-refractivity contribution in [3.8, 4) is 6.01 Å². The van der Waals surface area contributed by atoms with E-state index in [2.05, 4.69) is 27.3 Å². The molecule has 0 bridgehead atoms. The van der Waals surface area contributed by atoms with E-state index in [-0.39, 0.29) is 6.10 Å². The number of fused-ring (bicyclic) bond motifs is 1. The van der Waals surface area contributed by atoms with Crippen LogP contribution in [0.25, 0.3) is 5.65 Å². The summed E-state index contributed by atoms with van der Waals surface area (Å²) < 4.78 is 7.60. The quantitative estimate of drug-likeness (QED) is 0.844. The first-order chi connectivity index (χ1) is 11.2. The number of aromatic nitrogens is 4. The average molecular weight is 318 g/mol. The van der Waals surface area contributed by atoms with Crippen LogP contribution in [0.5, 0.6) is 6.01 Å². The molecule has 1 aliphatic rings. The third-order valence-corrected chi connectivity index (χ3v) is 4.40. The molecule has 2 aromatic rings. The fraction of sp³-hybridized carbons (Fsp3) is 0.688. The van der Waals surface area contributed by atoms with E-state index in [1.54, 1.807) is 4.52 Å². The van der Waals surface area contributed by atoms with Gasteiger partial charge in [0.05, 0.1) is 18.0 Å². The summed E-state index contributed by atoms with van der Waals surface area (Å²) in [6.07, 6.45) is 7.30. The van der Waals surface area contributed by atoms with Crippen LogP contribution in [0.3, 0.4) is 0 Å². The topological polar surface area (TPSA) is 90.4 Å². The summed E-state index contributed by atoms with van der Waals surface area (Å²) in [5.41, 5.74) is 7.72. The number of rotatable bonds is 6. The molecule has 0 saturated carbocycles. The van der Waals surface area contributed by atoms with Gasteiger partial charge in [0, 0.05) is 0 Å². The second-order valence-electron chi connectivity index (χ2n) is 6.38. The molecule has 3 heterocycles. The van der Waals surface area contributed by atoms with E-state index >= 15 is 0 Å². The average Bonchev–Trinajstić information content (AvgIpc) is 2.92. The van der Waals surface area contributed by atoms with Crippen molar-refractivity contribution in [3.05, 3.63) is 11.9 Å². The van der Waals surface area contributed by atoms with E-state index in [4.69, 9.17) is 10.5 Å². The minimum Gasteiger partial charge on any atom is -0.459 e. The predicted molar refractivity (Wildman–Crippen MR) is 89.5 cm³/mol. The number of nitrogens with zero attached hydrogens (tertiary/aromatic N) is 4. The number of anilines is 1. The van der Waals surface area contributed by atoms with E-state index < -0.39 is 0 Å². The highest BCUT2D eigenvalue weighted by atomic mass is 16.5. The summed E-state index contributed by atoms with van der Waals surface area (Å²) in [6, 6.07) is 0.334. The number of hydrogen-bond acceptors (Lipinski definition) is 6. The Morgan fingerprint density at radius 1 is 1.43 bits per heavy atom. The lowest BCUT2D eigenvalue weighted by molar-refractivity contribution is 0.189. The molecule has 1 fully saturated rings. The summed E-state index contributed by atoms with van der Waals surface area (Å²) in [5.74, 6) is 1.03. The lowest BCUT2D eigenvalue weighted by Crippen LogP contribution is -2.29. The van der Waals surface area contributed by atoms with Gasteiger partial charge in [-0.05, 0) is 51.6 Å². The highest BCUT2D eigenvalue weighted by Crippen LogP contribution is 2.21. The molecule has 1 saturated heterocycles.